The van der Waals surface area contributed by atoms with Crippen molar-refractivity contribution in [2.24, 2.45) is 0 Å². The van der Waals surface area contributed by atoms with Crippen LogP contribution >= 0.6 is 0 Å². The highest BCUT2D eigenvalue weighted by Gasteiger charge is 2.22. The predicted octanol–water partition coefficient (Wildman–Crippen LogP) is 5.77. The summed E-state index contributed by atoms with van der Waals surface area (Å²) in [5.74, 6) is -1.07. The van der Waals surface area contributed by atoms with Gasteiger partial charge in [-0.25, -0.2) is 13.8 Å². The van der Waals surface area contributed by atoms with Crippen molar-refractivity contribution in [3.05, 3.63) is 90.9 Å². The van der Waals surface area contributed by atoms with Crippen LogP contribution in [-0.2, 0) is 16.7 Å². The molecule has 0 atom stereocenters. The lowest BCUT2D eigenvalue weighted by molar-refractivity contribution is 0.477. The number of fused-ring (bicyclic) bond motifs is 1. The number of halogens is 2. The number of rotatable bonds is 8. The molecule has 0 saturated carbocycles. The molecule has 0 spiro atoms. The lowest BCUT2D eigenvalue weighted by Crippen LogP contribution is -2.06. The second-order valence-corrected chi connectivity index (χ2v) is 10.2. The summed E-state index contributed by atoms with van der Waals surface area (Å²) in [6.45, 7) is 0.408. The van der Waals surface area contributed by atoms with E-state index in [-0.39, 0.29) is 23.8 Å². The van der Waals surface area contributed by atoms with Crippen molar-refractivity contribution in [1.29, 1.82) is 0 Å². The quantitative estimate of drug-likeness (QED) is 0.206. The Bertz CT molecular complexity index is 1650. The van der Waals surface area contributed by atoms with Crippen molar-refractivity contribution in [1.82, 2.24) is 19.7 Å². The Morgan fingerprint density at radius 2 is 1.38 bits per heavy atom. The Kier molecular flexibility index (Phi) is 6.77. The van der Waals surface area contributed by atoms with Crippen LogP contribution in [0.3, 0.4) is 0 Å². The summed E-state index contributed by atoms with van der Waals surface area (Å²) in [5, 5.41) is 5.34. The van der Waals surface area contributed by atoms with E-state index in [9.17, 15) is 17.2 Å². The van der Waals surface area contributed by atoms with E-state index in [0.717, 1.165) is 27.6 Å². The maximum atomic E-state index is 13.8. The zero-order chi connectivity index (χ0) is 26.0. The van der Waals surface area contributed by atoms with Gasteiger partial charge in [-0.15, -0.1) is 0 Å². The molecule has 7 nitrogen and oxygen atoms in total. The van der Waals surface area contributed by atoms with Crippen LogP contribution in [0.15, 0.2) is 79.3 Å². The van der Waals surface area contributed by atoms with Gasteiger partial charge in [0, 0.05) is 47.2 Å². The number of pyridine rings is 2. The van der Waals surface area contributed by atoms with E-state index in [1.54, 1.807) is 41.3 Å². The SMILES string of the molecule is O=S(=O)(O)CCCCn1cc2c(-c3ccc(F)cc3)c(-c3ccncc3)c(-c3ccc(F)cc3)nc2n1. The summed E-state index contributed by atoms with van der Waals surface area (Å²) >= 11 is 0. The fourth-order valence-electron chi connectivity index (χ4n) is 4.29. The number of aryl methyl sites for hydroxylation is 1. The molecule has 0 aliphatic carbocycles. The first kappa shape index (κ1) is 24.7. The van der Waals surface area contributed by atoms with E-state index >= 15 is 0 Å². The summed E-state index contributed by atoms with van der Waals surface area (Å²) in [6.07, 6.45) is 5.91. The Morgan fingerprint density at radius 3 is 2.00 bits per heavy atom. The fourth-order valence-corrected chi connectivity index (χ4v) is 4.86. The normalized spacial score (nSPS) is 11.8. The third-order valence-electron chi connectivity index (χ3n) is 5.98. The molecule has 3 heterocycles. The van der Waals surface area contributed by atoms with Crippen molar-refractivity contribution in [2.75, 3.05) is 5.75 Å². The third kappa shape index (κ3) is 5.55. The average Bonchev–Trinajstić information content (AvgIpc) is 3.29. The van der Waals surface area contributed by atoms with Gasteiger partial charge < -0.3 is 0 Å². The van der Waals surface area contributed by atoms with Gasteiger partial charge in [-0.1, -0.05) is 12.1 Å². The van der Waals surface area contributed by atoms with Crippen LogP contribution in [0.25, 0.3) is 44.5 Å². The molecule has 10 heteroatoms. The molecule has 0 unspecified atom stereocenters. The van der Waals surface area contributed by atoms with Crippen molar-refractivity contribution in [2.45, 2.75) is 19.4 Å². The highest BCUT2D eigenvalue weighted by atomic mass is 32.2. The van der Waals surface area contributed by atoms with Crippen molar-refractivity contribution in [3.8, 4) is 33.5 Å². The van der Waals surface area contributed by atoms with Gasteiger partial charge in [0.25, 0.3) is 10.1 Å². The highest BCUT2D eigenvalue weighted by molar-refractivity contribution is 7.85. The first-order chi connectivity index (χ1) is 17.8. The minimum Gasteiger partial charge on any atom is -0.286 e. The molecule has 188 valence electrons. The monoisotopic (exact) mass is 520 g/mol. The molecule has 0 amide bonds. The number of nitrogens with zero attached hydrogens (tertiary/aromatic N) is 4. The molecule has 0 aliphatic heterocycles. The Balaban J connectivity index is 1.73. The van der Waals surface area contributed by atoms with Crippen LogP contribution in [0, 0.1) is 11.6 Å². The standard InChI is InChI=1S/C27H22F2N4O3S/c28-21-7-3-18(4-8-21)24-23-17-33(15-1-2-16-37(34,35)36)32-27(23)31-26(20-5-9-22(29)10-6-20)25(24)19-11-13-30-14-12-19/h3-14,17H,1-2,15-16H2,(H,34,35,36). The van der Waals surface area contributed by atoms with Crippen LogP contribution in [0.5, 0.6) is 0 Å². The molecule has 0 saturated heterocycles. The smallest absolute Gasteiger partial charge is 0.264 e. The topological polar surface area (TPSA) is 98.0 Å². The molecule has 5 rings (SSSR count). The summed E-state index contributed by atoms with van der Waals surface area (Å²) in [5.41, 5.74) is 4.81. The lowest BCUT2D eigenvalue weighted by atomic mass is 9.90. The largest absolute Gasteiger partial charge is 0.286 e. The maximum absolute atomic E-state index is 13.8. The molecular weight excluding hydrogens is 498 g/mol. The van der Waals surface area contributed by atoms with Gasteiger partial charge in [-0.05, 0) is 72.5 Å². The Labute approximate surface area is 212 Å². The van der Waals surface area contributed by atoms with Crippen LogP contribution < -0.4 is 0 Å². The molecule has 5 aromatic rings. The number of aromatic nitrogens is 4. The first-order valence-electron chi connectivity index (χ1n) is 11.6. The fraction of sp³-hybridized carbons (Fsp3) is 0.148. The van der Waals surface area contributed by atoms with E-state index in [4.69, 9.17) is 9.54 Å². The van der Waals surface area contributed by atoms with E-state index in [1.165, 1.54) is 24.3 Å². The number of unbranched alkanes of at least 4 members (excludes halogenated alkanes) is 1. The van der Waals surface area contributed by atoms with Crippen molar-refractivity contribution >= 4 is 21.2 Å². The number of benzene rings is 2. The molecule has 3 aromatic heterocycles. The maximum Gasteiger partial charge on any atom is 0.264 e. The van der Waals surface area contributed by atoms with Gasteiger partial charge in [0.05, 0.1) is 11.4 Å². The number of hydrogen-bond donors (Lipinski definition) is 1. The molecular formula is C27H22F2N4O3S. The molecule has 0 aliphatic rings. The van der Waals surface area contributed by atoms with Crippen molar-refractivity contribution < 1.29 is 21.8 Å². The molecule has 2 aromatic carbocycles. The Morgan fingerprint density at radius 1 is 0.784 bits per heavy atom. The van der Waals surface area contributed by atoms with Gasteiger partial charge in [-0.3, -0.25) is 14.2 Å². The van der Waals surface area contributed by atoms with Crippen LogP contribution in [-0.4, -0.2) is 38.5 Å². The molecule has 37 heavy (non-hydrogen) atoms. The van der Waals surface area contributed by atoms with Gasteiger partial charge >= 0.3 is 0 Å². The molecule has 0 radical (unpaired) electrons. The minimum absolute atomic E-state index is 0.274. The second kappa shape index (κ2) is 10.2. The van der Waals surface area contributed by atoms with Crippen LogP contribution in [0.1, 0.15) is 12.8 Å². The van der Waals surface area contributed by atoms with Crippen LogP contribution in [0.2, 0.25) is 0 Å². The lowest BCUT2D eigenvalue weighted by Gasteiger charge is -2.16. The average molecular weight is 521 g/mol. The minimum atomic E-state index is -4.03. The highest BCUT2D eigenvalue weighted by Crippen LogP contribution is 2.42. The summed E-state index contributed by atoms with van der Waals surface area (Å²) < 4.78 is 60.4. The molecule has 0 fully saturated rings. The zero-order valence-electron chi connectivity index (χ0n) is 19.6. The van der Waals surface area contributed by atoms with E-state index < -0.39 is 10.1 Å². The number of hydrogen-bond acceptors (Lipinski definition) is 5. The Hall–Kier alpha value is -4.02. The predicted molar refractivity (Wildman–Crippen MR) is 137 cm³/mol. The third-order valence-corrected chi connectivity index (χ3v) is 6.78. The summed E-state index contributed by atoms with van der Waals surface area (Å²) in [7, 11) is -4.03. The van der Waals surface area contributed by atoms with Crippen molar-refractivity contribution in [3.63, 3.8) is 0 Å². The molecule has 0 bridgehead atoms. The van der Waals surface area contributed by atoms with Gasteiger partial charge in [-0.2, -0.15) is 13.5 Å². The van der Waals surface area contributed by atoms with Gasteiger partial charge in [0.15, 0.2) is 5.65 Å². The second-order valence-electron chi connectivity index (χ2n) is 8.58. The first-order valence-corrected chi connectivity index (χ1v) is 13.2. The zero-order valence-corrected chi connectivity index (χ0v) is 20.4. The van der Waals surface area contributed by atoms with Crippen LogP contribution in [0.4, 0.5) is 8.78 Å². The summed E-state index contributed by atoms with van der Waals surface area (Å²) in [6, 6.07) is 15.9. The van der Waals surface area contributed by atoms with Gasteiger partial charge in [0.1, 0.15) is 11.6 Å². The van der Waals surface area contributed by atoms with E-state index in [1.807, 2.05) is 18.3 Å². The molecule has 1 N–H and O–H groups in total. The summed E-state index contributed by atoms with van der Waals surface area (Å²) in [4.78, 5) is 8.99. The van der Waals surface area contributed by atoms with E-state index in [2.05, 4.69) is 10.1 Å². The van der Waals surface area contributed by atoms with Gasteiger partial charge in [0.2, 0.25) is 0 Å². The van der Waals surface area contributed by atoms with E-state index in [0.29, 0.717) is 29.9 Å².